The summed E-state index contributed by atoms with van der Waals surface area (Å²) in [7, 11) is -0.0772. The molecule has 0 aromatic heterocycles. The number of hydrogen-bond acceptors (Lipinski definition) is 1. The number of fused-ring (bicyclic) bond motifs is 1. The summed E-state index contributed by atoms with van der Waals surface area (Å²) >= 11 is 0. The summed E-state index contributed by atoms with van der Waals surface area (Å²) < 4.78 is 5.33. The highest BCUT2D eigenvalue weighted by atomic mass is 31.1. The molecule has 0 aromatic carbocycles. The minimum Gasteiger partial charge on any atom is -0.347 e. The van der Waals surface area contributed by atoms with Gasteiger partial charge in [0, 0.05) is 5.31 Å². The van der Waals surface area contributed by atoms with E-state index >= 15 is 0 Å². The van der Waals surface area contributed by atoms with Gasteiger partial charge in [-0.2, -0.15) is 0 Å². The van der Waals surface area contributed by atoms with Crippen LogP contribution < -0.4 is 0 Å². The minimum atomic E-state index is -0.0772. The Morgan fingerprint density at radius 2 is 2.71 bits per heavy atom. The summed E-state index contributed by atoms with van der Waals surface area (Å²) in [4.78, 5) is 0. The van der Waals surface area contributed by atoms with E-state index in [0.717, 1.165) is 0 Å². The third kappa shape index (κ3) is 0.356. The predicted molar refractivity (Wildman–Crippen MR) is 30.4 cm³/mol. The lowest BCUT2D eigenvalue weighted by atomic mass is 10.3. The molecular formula is C5H7OP. The van der Waals surface area contributed by atoms with Crippen LogP contribution in [0.15, 0.2) is 11.9 Å². The zero-order valence-electron chi connectivity index (χ0n) is 4.05. The quantitative estimate of drug-likeness (QED) is 0.435. The van der Waals surface area contributed by atoms with Crippen LogP contribution in [0.25, 0.3) is 0 Å². The predicted octanol–water partition coefficient (Wildman–Crippen LogP) is 1.70. The lowest BCUT2D eigenvalue weighted by Gasteiger charge is -2.26. The second-order valence-corrected chi connectivity index (χ2v) is 3.97. The van der Waals surface area contributed by atoms with Crippen LogP contribution in [0.3, 0.4) is 0 Å². The topological polar surface area (TPSA) is 9.23 Å². The molecular weight excluding hydrogens is 107 g/mol. The molecule has 1 nitrogen and oxygen atoms in total. The number of hydrogen-bond donors (Lipinski definition) is 0. The summed E-state index contributed by atoms with van der Waals surface area (Å²) in [5, 5.41) is 1.40. The maximum Gasteiger partial charge on any atom is 0.0896 e. The third-order valence-corrected chi connectivity index (χ3v) is 3.64. The van der Waals surface area contributed by atoms with Gasteiger partial charge < -0.3 is 4.52 Å². The van der Waals surface area contributed by atoms with Crippen molar-refractivity contribution in [2.75, 3.05) is 6.16 Å². The fourth-order valence-corrected chi connectivity index (χ4v) is 2.93. The smallest absolute Gasteiger partial charge is 0.0896 e. The highest BCUT2D eigenvalue weighted by Gasteiger charge is 2.41. The second kappa shape index (κ2) is 1.10. The van der Waals surface area contributed by atoms with Crippen LogP contribution >= 0.6 is 8.15 Å². The summed E-state index contributed by atoms with van der Waals surface area (Å²) in [5.74, 6) is 0. The van der Waals surface area contributed by atoms with Crippen molar-refractivity contribution >= 4 is 8.15 Å². The molecule has 7 heavy (non-hydrogen) atoms. The first-order valence-electron chi connectivity index (χ1n) is 2.51. The Bertz CT molecular complexity index is 105. The molecule has 3 fully saturated rings. The van der Waals surface area contributed by atoms with E-state index in [4.69, 9.17) is 4.52 Å². The minimum absolute atomic E-state index is 0.0772. The Labute approximate surface area is 44.2 Å². The van der Waals surface area contributed by atoms with Gasteiger partial charge in [0.25, 0.3) is 0 Å². The van der Waals surface area contributed by atoms with Crippen LogP contribution in [0.5, 0.6) is 0 Å². The van der Waals surface area contributed by atoms with Crippen molar-refractivity contribution in [3.05, 3.63) is 11.9 Å². The van der Waals surface area contributed by atoms with Gasteiger partial charge in [0.05, 0.1) is 14.3 Å². The summed E-state index contributed by atoms with van der Waals surface area (Å²) in [6.45, 7) is 3.89. The second-order valence-electron chi connectivity index (χ2n) is 1.98. The van der Waals surface area contributed by atoms with E-state index in [1.54, 1.807) is 0 Å². The first kappa shape index (κ1) is 4.05. The van der Waals surface area contributed by atoms with Crippen molar-refractivity contribution in [3.8, 4) is 0 Å². The largest absolute Gasteiger partial charge is 0.347 e. The molecule has 2 atom stereocenters. The van der Waals surface area contributed by atoms with Gasteiger partial charge >= 0.3 is 0 Å². The molecule has 0 N–H and O–H groups in total. The normalized spacial score (nSPS) is 46.6. The fraction of sp³-hybridized carbons (Fsp3) is 0.600. The summed E-state index contributed by atoms with van der Waals surface area (Å²) in [5.41, 5.74) is 0. The van der Waals surface area contributed by atoms with Gasteiger partial charge in [0.15, 0.2) is 0 Å². The monoisotopic (exact) mass is 114 g/mol. The third-order valence-electron chi connectivity index (χ3n) is 1.54. The lowest BCUT2D eigenvalue weighted by molar-refractivity contribution is 0.266. The molecule has 0 aliphatic carbocycles. The van der Waals surface area contributed by atoms with E-state index in [0.29, 0.717) is 6.10 Å². The van der Waals surface area contributed by atoms with Crippen molar-refractivity contribution in [1.82, 2.24) is 0 Å². The molecule has 3 saturated heterocycles. The molecule has 38 valence electrons. The molecule has 0 saturated carbocycles. The Hall–Kier alpha value is 0.130. The molecule has 3 heterocycles. The standard InChI is InChI=1S/C5H7OP/c1-4-5-2-3-7(4)6-5/h5H,1-3H2. The van der Waals surface area contributed by atoms with E-state index in [1.165, 1.54) is 17.9 Å². The van der Waals surface area contributed by atoms with Gasteiger partial charge in [-0.3, -0.25) is 0 Å². The van der Waals surface area contributed by atoms with Crippen LogP contribution in [0.1, 0.15) is 6.42 Å². The Morgan fingerprint density at radius 1 is 1.86 bits per heavy atom. The van der Waals surface area contributed by atoms with Crippen molar-refractivity contribution < 1.29 is 4.52 Å². The van der Waals surface area contributed by atoms with Crippen molar-refractivity contribution in [1.29, 1.82) is 0 Å². The van der Waals surface area contributed by atoms with Gasteiger partial charge in [0.1, 0.15) is 0 Å². The zero-order chi connectivity index (χ0) is 4.85. The average Bonchev–Trinajstić information content (AvgIpc) is 2.18. The van der Waals surface area contributed by atoms with Gasteiger partial charge in [-0.15, -0.1) is 0 Å². The molecule has 0 amide bonds. The van der Waals surface area contributed by atoms with Crippen molar-refractivity contribution in [2.45, 2.75) is 12.5 Å². The van der Waals surface area contributed by atoms with Crippen LogP contribution in [-0.4, -0.2) is 12.3 Å². The lowest BCUT2D eigenvalue weighted by Crippen LogP contribution is -2.11. The first-order chi connectivity index (χ1) is 3.38. The maximum atomic E-state index is 5.33. The maximum absolute atomic E-state index is 5.33. The molecule has 0 spiro atoms. The SMILES string of the molecule is C=C1C2CCP1O2. The summed E-state index contributed by atoms with van der Waals surface area (Å²) in [6.07, 6.45) is 3.04. The average molecular weight is 114 g/mol. The van der Waals surface area contributed by atoms with Gasteiger partial charge in [-0.25, -0.2) is 0 Å². The van der Waals surface area contributed by atoms with Crippen molar-refractivity contribution in [3.63, 3.8) is 0 Å². The molecule has 2 unspecified atom stereocenters. The Morgan fingerprint density at radius 3 is 2.86 bits per heavy atom. The Kier molecular flexibility index (Phi) is 0.635. The Balaban J connectivity index is 2.29. The van der Waals surface area contributed by atoms with Gasteiger partial charge in [-0.05, 0) is 12.6 Å². The molecule has 0 aromatic rings. The van der Waals surface area contributed by atoms with E-state index in [2.05, 4.69) is 6.58 Å². The van der Waals surface area contributed by atoms with E-state index in [9.17, 15) is 0 Å². The van der Waals surface area contributed by atoms with Crippen LogP contribution in [0, 0.1) is 0 Å². The molecule has 3 aliphatic rings. The van der Waals surface area contributed by atoms with E-state index in [1.807, 2.05) is 0 Å². The highest BCUT2D eigenvalue weighted by molar-refractivity contribution is 7.59. The molecule has 0 radical (unpaired) electrons. The number of rotatable bonds is 0. The highest BCUT2D eigenvalue weighted by Crippen LogP contribution is 2.66. The first-order valence-corrected chi connectivity index (χ1v) is 3.95. The van der Waals surface area contributed by atoms with Crippen molar-refractivity contribution in [2.24, 2.45) is 0 Å². The van der Waals surface area contributed by atoms with Crippen LogP contribution in [-0.2, 0) is 4.52 Å². The molecule has 2 bridgehead atoms. The van der Waals surface area contributed by atoms with Crippen LogP contribution in [0.4, 0.5) is 0 Å². The van der Waals surface area contributed by atoms with E-state index in [-0.39, 0.29) is 8.15 Å². The summed E-state index contributed by atoms with van der Waals surface area (Å²) in [6, 6.07) is 0. The molecule has 2 heteroatoms. The van der Waals surface area contributed by atoms with E-state index < -0.39 is 0 Å². The fourth-order valence-electron chi connectivity index (χ4n) is 1.04. The molecule has 3 rings (SSSR count). The zero-order valence-corrected chi connectivity index (χ0v) is 4.95. The van der Waals surface area contributed by atoms with Crippen LogP contribution in [0.2, 0.25) is 0 Å². The van der Waals surface area contributed by atoms with Gasteiger partial charge in [0.2, 0.25) is 0 Å². The van der Waals surface area contributed by atoms with Gasteiger partial charge in [-0.1, -0.05) is 6.58 Å². The molecule has 3 aliphatic heterocycles.